The predicted molar refractivity (Wildman–Crippen MR) is 129 cm³/mol. The molecule has 10 N–H and O–H groups in total. The van der Waals surface area contributed by atoms with E-state index >= 15 is 0 Å². The normalized spacial score (nSPS) is 32.0. The number of aliphatic hydroxyl groups is 6. The molecule has 17 nitrogen and oxygen atoms in total. The maximum Gasteiger partial charge on any atom is 0.311 e. The Morgan fingerprint density at radius 3 is 2.51 bits per heavy atom. The minimum atomic E-state index is -1.31. The Morgan fingerprint density at radius 1 is 1.05 bits per heavy atom. The van der Waals surface area contributed by atoms with Crippen molar-refractivity contribution in [1.29, 1.82) is 0 Å². The zero-order valence-corrected chi connectivity index (χ0v) is 20.2. The Labute approximate surface area is 218 Å². The quantitative estimate of drug-likeness (QED) is 0.148. The Balaban J connectivity index is 0.000000158. The van der Waals surface area contributed by atoms with Crippen LogP contribution in [-0.2, 0) is 9.47 Å². The second-order valence-electron chi connectivity index (χ2n) is 9.13. The van der Waals surface area contributed by atoms with Gasteiger partial charge in [0, 0.05) is 6.42 Å². The molecule has 3 aliphatic rings. The Morgan fingerprint density at radius 2 is 1.82 bits per heavy atom. The number of nitrogens with zero attached hydrogens (tertiary/aromatic N) is 6. The average molecular weight is 554 g/mol. The van der Waals surface area contributed by atoms with Crippen molar-refractivity contribution in [3.8, 4) is 0 Å². The lowest BCUT2D eigenvalue weighted by atomic mass is 10.1. The summed E-state index contributed by atoms with van der Waals surface area (Å²) in [5, 5.41) is 66.7. The lowest BCUT2D eigenvalue weighted by molar-refractivity contribution is -0.0437. The number of ether oxygens (including phenoxy) is 2. The Hall–Kier alpha value is -3.36. The topological polar surface area (TPSA) is 263 Å². The van der Waals surface area contributed by atoms with Crippen molar-refractivity contribution in [3.63, 3.8) is 0 Å². The number of anilines is 2. The van der Waals surface area contributed by atoms with Crippen LogP contribution in [-0.4, -0.2) is 117 Å². The molecule has 0 radical (unpaired) electrons. The number of nitrogens with one attached hydrogen (secondary N) is 2. The van der Waals surface area contributed by atoms with E-state index in [0.717, 1.165) is 0 Å². The number of rotatable bonds is 4. The predicted octanol–water partition coefficient (Wildman–Crippen LogP) is -2.76. The number of fused-ring (bicyclic) bond motifs is 2. The summed E-state index contributed by atoms with van der Waals surface area (Å²) in [4.78, 5) is 15.0. The zero-order valence-electron chi connectivity index (χ0n) is 20.2. The molecule has 0 aromatic carbocycles. The highest BCUT2D eigenvalue weighted by molar-refractivity contribution is 5.85. The summed E-state index contributed by atoms with van der Waals surface area (Å²) in [5.41, 5.74) is 6.38. The molecule has 8 atom stereocenters. The first-order valence-corrected chi connectivity index (χ1v) is 12.0. The van der Waals surface area contributed by atoms with Gasteiger partial charge in [0.25, 0.3) is 0 Å². The second kappa shape index (κ2) is 11.0. The number of aromatic amines is 1. The summed E-state index contributed by atoms with van der Waals surface area (Å²) >= 11 is 0. The van der Waals surface area contributed by atoms with Crippen molar-refractivity contribution in [2.75, 3.05) is 30.8 Å². The number of nitrogens with two attached hydrogens (primary N) is 1. The van der Waals surface area contributed by atoms with Crippen molar-refractivity contribution >= 4 is 29.0 Å². The lowest BCUT2D eigenvalue weighted by Crippen LogP contribution is -2.32. The highest BCUT2D eigenvalue weighted by Gasteiger charge is 2.45. The van der Waals surface area contributed by atoms with E-state index in [0.29, 0.717) is 17.9 Å². The molecule has 0 saturated carbocycles. The summed E-state index contributed by atoms with van der Waals surface area (Å²) in [7, 11) is 0. The first-order valence-electron chi connectivity index (χ1n) is 12.0. The van der Waals surface area contributed by atoms with Crippen LogP contribution >= 0.6 is 0 Å². The van der Waals surface area contributed by atoms with E-state index in [9.17, 15) is 24.8 Å². The van der Waals surface area contributed by atoms with E-state index < -0.39 is 61.6 Å². The molecule has 212 valence electrons. The fraction of sp³-hybridized carbons (Fsp3) is 0.571. The molecular formula is C21H28FN9O8. The molecule has 39 heavy (non-hydrogen) atoms. The van der Waals surface area contributed by atoms with E-state index in [2.05, 4.69) is 35.5 Å². The maximum atomic E-state index is 13.2. The van der Waals surface area contributed by atoms with Gasteiger partial charge in [-0.3, -0.25) is 14.7 Å². The molecule has 6 heterocycles. The van der Waals surface area contributed by atoms with Crippen LogP contribution in [0.25, 0.3) is 11.0 Å². The van der Waals surface area contributed by atoms with E-state index in [1.165, 1.54) is 6.34 Å². The highest BCUT2D eigenvalue weighted by Crippen LogP contribution is 2.36. The monoisotopic (exact) mass is 553 g/mol. The van der Waals surface area contributed by atoms with Gasteiger partial charge in [0.1, 0.15) is 59.9 Å². The molecule has 2 fully saturated rings. The van der Waals surface area contributed by atoms with Gasteiger partial charge in [-0.05, 0) is 0 Å². The summed E-state index contributed by atoms with van der Waals surface area (Å²) in [6.45, 7) is -0.442. The van der Waals surface area contributed by atoms with Crippen LogP contribution in [0.1, 0.15) is 36.2 Å². The number of imidazole rings is 1. The molecule has 0 amide bonds. The lowest BCUT2D eigenvalue weighted by Gasteiger charge is -2.16. The Bertz CT molecular complexity index is 1340. The Kier molecular flexibility index (Phi) is 7.69. The van der Waals surface area contributed by atoms with E-state index in [-0.39, 0.29) is 35.7 Å². The number of nitrogen functional groups attached to an aromatic ring is 1. The van der Waals surface area contributed by atoms with Gasteiger partial charge >= 0.3 is 6.08 Å². The third-order valence-corrected chi connectivity index (χ3v) is 6.66. The number of aliphatic imine (C=N–C) groups is 1. The fourth-order valence-corrected chi connectivity index (χ4v) is 4.63. The third-order valence-electron chi connectivity index (χ3n) is 6.66. The zero-order chi connectivity index (χ0) is 27.8. The molecular weight excluding hydrogens is 525 g/mol. The van der Waals surface area contributed by atoms with Crippen LogP contribution in [0.15, 0.2) is 11.3 Å². The van der Waals surface area contributed by atoms with E-state index in [1.807, 2.05) is 0 Å². The second-order valence-corrected chi connectivity index (χ2v) is 9.13. The summed E-state index contributed by atoms with van der Waals surface area (Å²) in [6, 6.07) is 0. The molecule has 0 spiro atoms. The van der Waals surface area contributed by atoms with Crippen LogP contribution in [0.3, 0.4) is 0 Å². The third kappa shape index (κ3) is 5.03. The van der Waals surface area contributed by atoms with Gasteiger partial charge in [-0.25, -0.2) is 4.98 Å². The molecule has 0 unspecified atom stereocenters. The van der Waals surface area contributed by atoms with Gasteiger partial charge in [0.05, 0.1) is 44.2 Å². The van der Waals surface area contributed by atoms with Crippen LogP contribution < -0.4 is 11.1 Å². The fourth-order valence-electron chi connectivity index (χ4n) is 4.63. The van der Waals surface area contributed by atoms with E-state index in [4.69, 9.17) is 25.4 Å². The average Bonchev–Trinajstić information content (AvgIpc) is 3.65. The number of aromatic nitrogens is 6. The van der Waals surface area contributed by atoms with Gasteiger partial charge in [-0.1, -0.05) is 0 Å². The van der Waals surface area contributed by atoms with Crippen molar-refractivity contribution < 1.29 is 44.5 Å². The number of hydrogen-bond donors (Lipinski definition) is 9. The summed E-state index contributed by atoms with van der Waals surface area (Å²) < 4.78 is 25.8. The molecule has 3 aliphatic heterocycles. The number of H-pyrrole nitrogens is 1. The highest BCUT2D eigenvalue weighted by atomic mass is 19.1. The largest absolute Gasteiger partial charge is 0.394 e. The van der Waals surface area contributed by atoms with Gasteiger partial charge in [-0.2, -0.15) is 19.5 Å². The van der Waals surface area contributed by atoms with Crippen molar-refractivity contribution in [2.45, 2.75) is 55.4 Å². The molecule has 0 aliphatic carbocycles. The molecule has 3 aromatic rings. The summed E-state index contributed by atoms with van der Waals surface area (Å²) in [6.07, 6.45) is -4.66. The number of halogens is 1. The van der Waals surface area contributed by atoms with Gasteiger partial charge in [0.15, 0.2) is 11.3 Å². The number of hydrogen-bond acceptors (Lipinski definition) is 15. The smallest absolute Gasteiger partial charge is 0.311 e. The van der Waals surface area contributed by atoms with Crippen LogP contribution in [0.2, 0.25) is 0 Å². The minimum Gasteiger partial charge on any atom is -0.394 e. The van der Waals surface area contributed by atoms with Gasteiger partial charge < -0.3 is 51.2 Å². The van der Waals surface area contributed by atoms with Gasteiger partial charge in [0.2, 0.25) is 0 Å². The first kappa shape index (κ1) is 27.2. The molecule has 2 saturated heterocycles. The molecule has 6 rings (SSSR count). The molecule has 18 heteroatoms. The maximum absolute atomic E-state index is 13.2. The standard InChI is InChI=1S/C11H16N4O4.C10H12FN5O4/c16-3-8-6(17)1-9(19-8)15-5-14-10-7(18)2-12-4-13-11(10)15;11-10-13-3-4(15-16-5(3)9(12)14-10)8-7(19)6(18)2(1-17)20-8/h4-9,16-18H,1-3H2,(H,12,13);2,6-8,17-19H,1H2,(H,15,16)(H2,12,13,14)/t6-,7+,8+,9+;2-,6-,7-,8+/m01/s1. The van der Waals surface area contributed by atoms with Crippen LogP contribution in [0, 0.1) is 6.08 Å². The van der Waals surface area contributed by atoms with E-state index in [1.54, 1.807) is 10.9 Å². The van der Waals surface area contributed by atoms with Crippen molar-refractivity contribution in [2.24, 2.45) is 4.99 Å². The van der Waals surface area contributed by atoms with Gasteiger partial charge in [-0.15, -0.1) is 0 Å². The first-order chi connectivity index (χ1) is 18.7. The van der Waals surface area contributed by atoms with Crippen LogP contribution in [0.5, 0.6) is 0 Å². The van der Waals surface area contributed by atoms with Crippen LogP contribution in [0.4, 0.5) is 16.0 Å². The SMILES string of the molecule is Nc1nc(F)nc2c([C@@H]3O[C@H](CO)[C@@H](O)[C@H]3O)[nH]nc12.OC[C@H]1O[C@@H](n2cnc3c2NC=NC[C@H]3O)C[C@@H]1O. The number of aliphatic hydroxyl groups excluding tert-OH is 6. The van der Waals surface area contributed by atoms with Crippen molar-refractivity contribution in [3.05, 3.63) is 23.8 Å². The van der Waals surface area contributed by atoms with Crippen molar-refractivity contribution in [1.82, 2.24) is 29.7 Å². The summed E-state index contributed by atoms with van der Waals surface area (Å²) in [5.74, 6) is 0.450. The molecule has 0 bridgehead atoms. The minimum absolute atomic E-state index is 0.0600. The molecule has 3 aromatic heterocycles.